The van der Waals surface area contributed by atoms with Crippen LogP contribution in [0.2, 0.25) is 0 Å². The molecule has 1 aromatic heterocycles. The number of benzene rings is 2. The molecule has 1 heterocycles. The quantitative estimate of drug-likeness (QED) is 0.680. The number of hydrogen-bond donors (Lipinski definition) is 0. The molecule has 3 rings (SSSR count). The number of oxazole rings is 1. The van der Waals surface area contributed by atoms with Crippen LogP contribution in [0.3, 0.4) is 0 Å². The topological polar surface area (TPSA) is 84.5 Å². The first kappa shape index (κ1) is 16.2. The van der Waals surface area contributed by atoms with E-state index < -0.39 is 10.1 Å². The maximum Gasteiger partial charge on any atom is 0.345 e. The Bertz CT molecular complexity index is 818. The number of rotatable bonds is 2. The Labute approximate surface area is 129 Å². The van der Waals surface area contributed by atoms with E-state index in [1.54, 1.807) is 12.1 Å². The van der Waals surface area contributed by atoms with Crippen LogP contribution in [0.1, 0.15) is 18.4 Å². The third-order valence-electron chi connectivity index (χ3n) is 3.03. The van der Waals surface area contributed by atoms with E-state index in [0.29, 0.717) is 0 Å². The molecule has 0 spiro atoms. The first-order chi connectivity index (χ1) is 10.4. The Morgan fingerprint density at radius 3 is 2.27 bits per heavy atom. The molecule has 0 saturated carbocycles. The molecule has 0 saturated heterocycles. The zero-order valence-corrected chi connectivity index (χ0v) is 13.2. The highest BCUT2D eigenvalue weighted by Crippen LogP contribution is 2.10. The van der Waals surface area contributed by atoms with Gasteiger partial charge in [0.2, 0.25) is 11.1 Å². The van der Waals surface area contributed by atoms with Crippen molar-refractivity contribution in [2.24, 2.45) is 0 Å². The summed E-state index contributed by atoms with van der Waals surface area (Å²) < 4.78 is 36.6. The second-order valence-corrected chi connectivity index (χ2v) is 6.15. The largest absolute Gasteiger partial charge is 0.744 e. The number of fused-ring (bicyclic) bond motifs is 1. The molecule has 0 radical (unpaired) electrons. The molecule has 5 nitrogen and oxygen atoms in total. The van der Waals surface area contributed by atoms with Gasteiger partial charge in [-0.3, -0.25) is 0 Å². The van der Waals surface area contributed by atoms with E-state index in [0.717, 1.165) is 29.0 Å². The minimum Gasteiger partial charge on any atom is -0.744 e. The molecule has 6 heteroatoms. The van der Waals surface area contributed by atoms with Gasteiger partial charge in [-0.25, -0.2) is 8.42 Å². The van der Waals surface area contributed by atoms with Crippen LogP contribution < -0.4 is 4.98 Å². The van der Waals surface area contributed by atoms with Crippen LogP contribution in [0, 0.1) is 6.92 Å². The molecular weight excluding hydrogens is 302 g/mol. The van der Waals surface area contributed by atoms with Gasteiger partial charge in [-0.15, -0.1) is 0 Å². The van der Waals surface area contributed by atoms with Crippen molar-refractivity contribution in [2.75, 3.05) is 0 Å². The van der Waals surface area contributed by atoms with Crippen molar-refractivity contribution in [3.8, 4) is 0 Å². The van der Waals surface area contributed by atoms with Crippen LogP contribution >= 0.6 is 0 Å². The third-order valence-corrected chi connectivity index (χ3v) is 3.87. The molecule has 22 heavy (non-hydrogen) atoms. The number of aromatic nitrogens is 1. The van der Waals surface area contributed by atoms with Crippen LogP contribution in [0.4, 0.5) is 0 Å². The maximum atomic E-state index is 10.4. The highest BCUT2D eigenvalue weighted by atomic mass is 32.2. The van der Waals surface area contributed by atoms with E-state index in [1.807, 2.05) is 31.2 Å². The van der Waals surface area contributed by atoms with Gasteiger partial charge in [0.05, 0.1) is 11.3 Å². The minimum absolute atomic E-state index is 0.178. The molecule has 0 bridgehead atoms. The van der Waals surface area contributed by atoms with Crippen molar-refractivity contribution in [3.05, 3.63) is 60.0 Å². The number of hydrogen-bond acceptors (Lipinski definition) is 4. The summed E-state index contributed by atoms with van der Waals surface area (Å²) in [6.07, 6.45) is 0.911. The van der Waals surface area contributed by atoms with Crippen LogP contribution in [0.25, 0.3) is 11.1 Å². The van der Waals surface area contributed by atoms with Crippen LogP contribution in [0.15, 0.2) is 57.8 Å². The number of aryl methyl sites for hydroxylation is 2. The fraction of sp³-hybridized carbons (Fsp3) is 0.188. The third kappa shape index (κ3) is 4.16. The van der Waals surface area contributed by atoms with Crippen molar-refractivity contribution in [3.63, 3.8) is 0 Å². The molecule has 3 aromatic rings. The lowest BCUT2D eigenvalue weighted by atomic mass is 10.2. The zero-order chi connectivity index (χ0) is 16.2. The van der Waals surface area contributed by atoms with Gasteiger partial charge in [0.1, 0.15) is 10.1 Å². The van der Waals surface area contributed by atoms with Gasteiger partial charge in [-0.1, -0.05) is 36.8 Å². The van der Waals surface area contributed by atoms with Gasteiger partial charge in [0.25, 0.3) is 0 Å². The summed E-state index contributed by atoms with van der Waals surface area (Å²) in [6, 6.07) is 13.7. The number of aromatic amines is 1. The molecule has 0 aliphatic heterocycles. The van der Waals surface area contributed by atoms with E-state index in [4.69, 9.17) is 4.42 Å². The second kappa shape index (κ2) is 6.72. The molecule has 0 atom stereocenters. The number of nitrogens with one attached hydrogen (secondary N) is 1. The summed E-state index contributed by atoms with van der Waals surface area (Å²) in [4.78, 5) is 3.00. The average molecular weight is 319 g/mol. The first-order valence-corrected chi connectivity index (χ1v) is 8.23. The molecule has 0 aliphatic carbocycles. The van der Waals surface area contributed by atoms with Crippen molar-refractivity contribution in [2.45, 2.75) is 25.2 Å². The Morgan fingerprint density at radius 2 is 1.73 bits per heavy atom. The SMILES string of the molecule is CCc1[nH+]c2ccccc2o1.Cc1ccc(S(=O)(=O)[O-])cc1. The Kier molecular flexibility index (Phi) is 4.95. The Balaban J connectivity index is 0.000000160. The monoisotopic (exact) mass is 319 g/mol. The second-order valence-electron chi connectivity index (χ2n) is 4.77. The molecule has 116 valence electrons. The normalized spacial score (nSPS) is 11.0. The zero-order valence-electron chi connectivity index (χ0n) is 12.4. The summed E-state index contributed by atoms with van der Waals surface area (Å²) in [5.41, 5.74) is 2.94. The lowest BCUT2D eigenvalue weighted by molar-refractivity contribution is -0.368. The number of para-hydroxylation sites is 2. The fourth-order valence-corrected chi connectivity index (χ4v) is 2.30. The molecule has 0 fully saturated rings. The van der Waals surface area contributed by atoms with E-state index in [-0.39, 0.29) is 4.90 Å². The van der Waals surface area contributed by atoms with Gasteiger partial charge in [-0.2, -0.15) is 4.98 Å². The van der Waals surface area contributed by atoms with E-state index >= 15 is 0 Å². The predicted molar refractivity (Wildman–Crippen MR) is 81.3 cm³/mol. The smallest absolute Gasteiger partial charge is 0.345 e. The van der Waals surface area contributed by atoms with Crippen molar-refractivity contribution >= 4 is 21.2 Å². The Morgan fingerprint density at radius 1 is 1.09 bits per heavy atom. The summed E-state index contributed by atoms with van der Waals surface area (Å²) in [6.45, 7) is 3.88. The van der Waals surface area contributed by atoms with Gasteiger partial charge in [-0.05, 0) is 25.1 Å². The average Bonchev–Trinajstić information content (AvgIpc) is 2.90. The molecule has 2 aromatic carbocycles. The Hall–Kier alpha value is -2.18. The van der Waals surface area contributed by atoms with Crippen LogP contribution in [-0.4, -0.2) is 13.0 Å². The fourth-order valence-electron chi connectivity index (χ4n) is 1.83. The van der Waals surface area contributed by atoms with Crippen molar-refractivity contribution in [1.82, 2.24) is 0 Å². The highest BCUT2D eigenvalue weighted by molar-refractivity contribution is 7.85. The lowest BCUT2D eigenvalue weighted by Gasteiger charge is -2.05. The molecule has 0 unspecified atom stereocenters. The summed E-state index contributed by atoms with van der Waals surface area (Å²) in [5.74, 6) is 0.936. The van der Waals surface area contributed by atoms with Crippen molar-refractivity contribution < 1.29 is 22.4 Å². The summed E-state index contributed by atoms with van der Waals surface area (Å²) in [5, 5.41) is 0. The van der Waals surface area contributed by atoms with E-state index in [2.05, 4.69) is 11.9 Å². The maximum absolute atomic E-state index is 10.4. The molecular formula is C16H17NO4S. The van der Waals surface area contributed by atoms with Gasteiger partial charge in [0.15, 0.2) is 0 Å². The highest BCUT2D eigenvalue weighted by Gasteiger charge is 2.08. The van der Waals surface area contributed by atoms with Gasteiger partial charge < -0.3 is 8.97 Å². The molecule has 0 amide bonds. The van der Waals surface area contributed by atoms with E-state index in [9.17, 15) is 13.0 Å². The minimum atomic E-state index is -4.27. The van der Waals surface area contributed by atoms with E-state index in [1.165, 1.54) is 12.1 Å². The molecule has 1 N–H and O–H groups in total. The predicted octanol–water partition coefficient (Wildman–Crippen LogP) is 2.71. The van der Waals surface area contributed by atoms with Crippen molar-refractivity contribution in [1.29, 1.82) is 0 Å². The lowest BCUT2D eigenvalue weighted by Crippen LogP contribution is -2.03. The first-order valence-electron chi connectivity index (χ1n) is 6.82. The number of H-pyrrole nitrogens is 1. The van der Waals surface area contributed by atoms with Crippen LogP contribution in [-0.2, 0) is 16.5 Å². The molecule has 0 aliphatic rings. The van der Waals surface area contributed by atoms with Gasteiger partial charge >= 0.3 is 5.89 Å². The standard InChI is InChI=1S/C9H9NO.C7H8O3S/c1-2-9-10-7-5-3-4-6-8(7)11-9;1-6-2-4-7(5-3-6)11(8,9)10/h3-6H,2H2,1H3;2-5H,1H3,(H,8,9,10). The summed E-state index contributed by atoms with van der Waals surface area (Å²) in [7, 11) is -4.27. The summed E-state index contributed by atoms with van der Waals surface area (Å²) >= 11 is 0. The van der Waals surface area contributed by atoms with Gasteiger partial charge in [0, 0.05) is 6.07 Å². The van der Waals surface area contributed by atoms with Crippen LogP contribution in [0.5, 0.6) is 0 Å².